The van der Waals surface area contributed by atoms with E-state index in [0.29, 0.717) is 22.5 Å². The summed E-state index contributed by atoms with van der Waals surface area (Å²) in [5, 5.41) is 10.3. The van der Waals surface area contributed by atoms with Gasteiger partial charge in [-0.1, -0.05) is 60.7 Å². The molecule has 0 aliphatic carbocycles. The molecule has 0 fully saturated rings. The van der Waals surface area contributed by atoms with Gasteiger partial charge >= 0.3 is 12.0 Å². The van der Waals surface area contributed by atoms with Crippen LogP contribution >= 0.6 is 23.2 Å². The van der Waals surface area contributed by atoms with E-state index in [1.54, 1.807) is 19.9 Å². The number of methoxy groups -OCH3 is 1. The maximum atomic E-state index is 12.4. The molecule has 1 aromatic heterocycles. The van der Waals surface area contributed by atoms with Crippen LogP contribution in [0.15, 0.2) is 66.7 Å². The Morgan fingerprint density at radius 2 is 1.39 bits per heavy atom. The van der Waals surface area contributed by atoms with E-state index in [4.69, 9.17) is 32.7 Å². The highest BCUT2D eigenvalue weighted by Crippen LogP contribution is 2.38. The largest absolute Gasteiger partial charge is 0.478 e. The van der Waals surface area contributed by atoms with Crippen molar-refractivity contribution in [2.24, 2.45) is 0 Å². The molecule has 0 saturated heterocycles. The quantitative estimate of drug-likeness (QED) is 0.500. The van der Waals surface area contributed by atoms with E-state index in [2.05, 4.69) is 9.97 Å². The molecule has 1 N–H and O–H groups in total. The number of carboxylic acid groups (broad SMARTS) is 1. The van der Waals surface area contributed by atoms with Crippen molar-refractivity contribution in [2.75, 3.05) is 12.4 Å². The van der Waals surface area contributed by atoms with Gasteiger partial charge in [-0.15, -0.1) is 23.2 Å². The van der Waals surface area contributed by atoms with E-state index >= 15 is 0 Å². The van der Waals surface area contributed by atoms with Gasteiger partial charge in [-0.25, -0.2) is 14.8 Å². The molecule has 0 unspecified atom stereocenters. The summed E-state index contributed by atoms with van der Waals surface area (Å²) in [5.74, 6) is -1.18. The molecule has 0 radical (unpaired) electrons. The zero-order valence-corrected chi connectivity index (χ0v) is 19.0. The average Bonchev–Trinajstić information content (AvgIpc) is 2.75. The summed E-state index contributed by atoms with van der Waals surface area (Å²) in [7, 11) is 1.47. The summed E-state index contributed by atoms with van der Waals surface area (Å²) < 4.78 is 11.8. The van der Waals surface area contributed by atoms with Crippen molar-refractivity contribution in [3.8, 4) is 6.01 Å². The van der Waals surface area contributed by atoms with E-state index in [0.717, 1.165) is 0 Å². The van der Waals surface area contributed by atoms with Gasteiger partial charge in [-0.05, 0) is 31.0 Å². The van der Waals surface area contributed by atoms with Gasteiger partial charge < -0.3 is 14.6 Å². The Labute approximate surface area is 191 Å². The van der Waals surface area contributed by atoms with Gasteiger partial charge in [0.15, 0.2) is 5.60 Å². The van der Waals surface area contributed by atoms with Crippen molar-refractivity contribution < 1.29 is 19.4 Å². The highest BCUT2D eigenvalue weighted by atomic mass is 35.5. The molecule has 1 atom stereocenters. The Kier molecular flexibility index (Phi) is 9.24. The number of hydrogen-bond donors (Lipinski definition) is 1. The number of carboxylic acids is 1. The van der Waals surface area contributed by atoms with Crippen molar-refractivity contribution >= 4 is 29.2 Å². The zero-order valence-electron chi connectivity index (χ0n) is 17.5. The minimum Gasteiger partial charge on any atom is -0.478 e. The Balaban J connectivity index is 0.00000107. The van der Waals surface area contributed by atoms with Crippen LogP contribution in [0.2, 0.25) is 0 Å². The fraction of sp³-hybridized carbons (Fsp3) is 0.261. The van der Waals surface area contributed by atoms with Crippen LogP contribution in [0, 0.1) is 13.8 Å². The van der Waals surface area contributed by atoms with Gasteiger partial charge in [-0.2, -0.15) is 0 Å². The number of nitrogens with zero attached hydrogens (tertiary/aromatic N) is 2. The third-order valence-corrected chi connectivity index (χ3v) is 4.51. The molecule has 0 aliphatic rings. The lowest BCUT2D eigenvalue weighted by Gasteiger charge is -2.37. The van der Waals surface area contributed by atoms with Crippen LogP contribution in [0.1, 0.15) is 22.5 Å². The number of ether oxygens (including phenoxy) is 2. The molecule has 0 spiro atoms. The van der Waals surface area contributed by atoms with E-state index in [9.17, 15) is 9.90 Å². The third kappa shape index (κ3) is 5.94. The molecule has 3 rings (SSSR count). The summed E-state index contributed by atoms with van der Waals surface area (Å²) >= 11 is 9.53. The molecular formula is C23H24Cl2N2O4. The van der Waals surface area contributed by atoms with Crippen molar-refractivity contribution in [1.29, 1.82) is 0 Å². The second-order valence-corrected chi connectivity index (χ2v) is 7.35. The van der Waals surface area contributed by atoms with Crippen molar-refractivity contribution in [3.63, 3.8) is 0 Å². The van der Waals surface area contributed by atoms with Gasteiger partial charge in [0.05, 0.1) is 5.34 Å². The number of rotatable bonds is 7. The molecule has 1 heterocycles. The third-order valence-electron chi connectivity index (χ3n) is 4.51. The van der Waals surface area contributed by atoms with Gasteiger partial charge in [-0.3, -0.25) is 0 Å². The van der Waals surface area contributed by atoms with Crippen LogP contribution in [-0.2, 0) is 15.1 Å². The van der Waals surface area contributed by atoms with Gasteiger partial charge in [0, 0.05) is 18.5 Å². The summed E-state index contributed by atoms with van der Waals surface area (Å²) in [5.41, 5.74) is 1.29. The Morgan fingerprint density at radius 1 is 0.968 bits per heavy atom. The predicted octanol–water partition coefficient (Wildman–Crippen LogP) is 4.94. The molecule has 6 nitrogen and oxygen atoms in total. The summed E-state index contributed by atoms with van der Waals surface area (Å²) in [6, 6.07) is 20.1. The first-order chi connectivity index (χ1) is 14.9. The second kappa shape index (κ2) is 11.6. The SMILES string of the molecule is COC(c1ccccc1)(c1ccccc1)[C@H](Oc1nc(C)cc(C)n1)C(=O)O.ClCCl. The smallest absolute Gasteiger partial charge is 0.348 e. The van der Waals surface area contributed by atoms with E-state index in [-0.39, 0.29) is 11.3 Å². The molecule has 164 valence electrons. The fourth-order valence-corrected chi connectivity index (χ4v) is 3.34. The van der Waals surface area contributed by atoms with Crippen LogP contribution in [0.25, 0.3) is 0 Å². The molecule has 3 aromatic rings. The molecule has 0 amide bonds. The number of halogens is 2. The van der Waals surface area contributed by atoms with Gasteiger partial charge in [0.25, 0.3) is 0 Å². The number of alkyl halides is 2. The van der Waals surface area contributed by atoms with Gasteiger partial charge in [0.1, 0.15) is 0 Å². The maximum absolute atomic E-state index is 12.4. The second-order valence-electron chi connectivity index (χ2n) is 6.54. The highest BCUT2D eigenvalue weighted by molar-refractivity contribution is 6.40. The molecule has 0 bridgehead atoms. The normalized spacial score (nSPS) is 11.8. The predicted molar refractivity (Wildman–Crippen MR) is 121 cm³/mol. The lowest BCUT2D eigenvalue weighted by Crippen LogP contribution is -2.50. The van der Waals surface area contributed by atoms with Gasteiger partial charge in [0.2, 0.25) is 6.10 Å². The summed E-state index contributed by atoms with van der Waals surface area (Å²) in [6.45, 7) is 3.60. The Hall–Kier alpha value is -2.67. The summed E-state index contributed by atoms with van der Waals surface area (Å²) in [6.07, 6.45) is -1.41. The van der Waals surface area contributed by atoms with E-state index in [1.807, 2.05) is 60.7 Å². The lowest BCUT2D eigenvalue weighted by molar-refractivity contribution is -0.160. The zero-order chi connectivity index (χ0) is 22.9. The number of aryl methyl sites for hydroxylation is 2. The maximum Gasteiger partial charge on any atom is 0.348 e. The first-order valence-corrected chi connectivity index (χ1v) is 10.5. The average molecular weight is 463 g/mol. The van der Waals surface area contributed by atoms with Crippen LogP contribution in [0.5, 0.6) is 6.01 Å². The number of hydrogen-bond acceptors (Lipinski definition) is 5. The first-order valence-electron chi connectivity index (χ1n) is 9.38. The molecule has 8 heteroatoms. The van der Waals surface area contributed by atoms with Crippen LogP contribution in [0.4, 0.5) is 0 Å². The van der Waals surface area contributed by atoms with Crippen molar-refractivity contribution in [3.05, 3.63) is 89.2 Å². The number of benzene rings is 2. The highest BCUT2D eigenvalue weighted by Gasteiger charge is 2.49. The van der Waals surface area contributed by atoms with Crippen LogP contribution in [0.3, 0.4) is 0 Å². The van der Waals surface area contributed by atoms with Crippen molar-refractivity contribution in [1.82, 2.24) is 9.97 Å². The fourth-order valence-electron chi connectivity index (χ4n) is 3.34. The van der Waals surface area contributed by atoms with Crippen LogP contribution in [-0.4, -0.2) is 39.6 Å². The van der Waals surface area contributed by atoms with Crippen LogP contribution < -0.4 is 4.74 Å². The topological polar surface area (TPSA) is 81.5 Å². The minimum absolute atomic E-state index is 0.00168. The first kappa shape index (κ1) is 24.6. The Morgan fingerprint density at radius 3 is 1.74 bits per heavy atom. The minimum atomic E-state index is -1.41. The Bertz CT molecular complexity index is 912. The van der Waals surface area contributed by atoms with Crippen molar-refractivity contribution in [2.45, 2.75) is 25.6 Å². The standard InChI is InChI=1S/C22H22N2O4.CH2Cl2/c1-15-14-16(2)24-21(23-15)28-19(20(25)26)22(27-3,17-10-6-4-7-11-17)18-12-8-5-9-13-18;2-1-3/h4-14,19H,1-3H3,(H,25,26);1H2/t19-;/m1./s1. The lowest BCUT2D eigenvalue weighted by atomic mass is 9.81. The molecule has 31 heavy (non-hydrogen) atoms. The molecule has 0 aliphatic heterocycles. The molecule has 0 saturated carbocycles. The summed E-state index contributed by atoms with van der Waals surface area (Å²) in [4.78, 5) is 20.8. The molecular weight excluding hydrogens is 439 g/mol. The number of aromatic nitrogens is 2. The number of aliphatic carboxylic acids is 1. The molecule has 2 aromatic carbocycles. The van der Waals surface area contributed by atoms with E-state index < -0.39 is 17.7 Å². The van der Waals surface area contributed by atoms with E-state index in [1.165, 1.54) is 7.11 Å². The number of carbonyl (C=O) groups is 1. The monoisotopic (exact) mass is 462 g/mol.